The lowest BCUT2D eigenvalue weighted by Gasteiger charge is -1.97. The number of fused-ring (bicyclic) bond motifs is 1. The van der Waals surface area contributed by atoms with E-state index in [1.165, 1.54) is 0 Å². The van der Waals surface area contributed by atoms with Crippen LogP contribution in [0.5, 0.6) is 0 Å². The number of benzene rings is 1. The highest BCUT2D eigenvalue weighted by Gasteiger charge is 2.03. The van der Waals surface area contributed by atoms with Gasteiger partial charge >= 0.3 is 0 Å². The first kappa shape index (κ1) is 7.43. The lowest BCUT2D eigenvalue weighted by Crippen LogP contribution is -1.87. The Morgan fingerprint density at radius 3 is 2.83 bits per heavy atom. The highest BCUT2D eigenvalue weighted by atomic mass is 35.5. The molecular weight excluding hydrogens is 179 g/mol. The number of hydrogen-bond acceptors (Lipinski definition) is 2. The van der Waals surface area contributed by atoms with Gasteiger partial charge in [0.15, 0.2) is 0 Å². The van der Waals surface area contributed by atoms with Crippen molar-refractivity contribution in [1.82, 2.24) is 9.97 Å². The molecule has 0 aliphatic carbocycles. The van der Waals surface area contributed by atoms with Crippen molar-refractivity contribution >= 4 is 22.5 Å². The van der Waals surface area contributed by atoms with Crippen LogP contribution in [0.15, 0.2) is 24.5 Å². The molecule has 12 heavy (non-hydrogen) atoms. The predicted molar refractivity (Wildman–Crippen MR) is 44.5 cm³/mol. The molecule has 1 aromatic heterocycles. The predicted octanol–water partition coefficient (Wildman–Crippen LogP) is 2.42. The van der Waals surface area contributed by atoms with E-state index in [1.807, 2.05) is 0 Å². The minimum Gasteiger partial charge on any atom is -0.235 e. The molecule has 0 aliphatic rings. The van der Waals surface area contributed by atoms with Crippen LogP contribution in [0.4, 0.5) is 4.39 Å². The van der Waals surface area contributed by atoms with Crippen LogP contribution in [-0.4, -0.2) is 9.97 Å². The van der Waals surface area contributed by atoms with Gasteiger partial charge in [-0.25, -0.2) is 9.97 Å². The van der Waals surface area contributed by atoms with Gasteiger partial charge in [0.25, 0.3) is 0 Å². The summed E-state index contributed by atoms with van der Waals surface area (Å²) in [6.45, 7) is 0. The van der Waals surface area contributed by atoms with Crippen LogP contribution in [0, 0.1) is 5.95 Å². The molecule has 0 unspecified atom stereocenters. The first-order valence-electron chi connectivity index (χ1n) is 3.34. The van der Waals surface area contributed by atoms with Gasteiger partial charge in [-0.05, 0) is 12.1 Å². The molecule has 0 fully saturated rings. The standard InChI is InChI=1S/C8H4ClFN2/c9-6-3-1-2-5-7(6)11-4-12-8(5)10/h1-4H. The fourth-order valence-electron chi connectivity index (χ4n) is 1.02. The summed E-state index contributed by atoms with van der Waals surface area (Å²) in [5, 5.41) is 0.791. The number of halogens is 2. The Morgan fingerprint density at radius 2 is 2.08 bits per heavy atom. The van der Waals surface area contributed by atoms with Gasteiger partial charge in [-0.3, -0.25) is 0 Å². The fraction of sp³-hybridized carbons (Fsp3) is 0. The average molecular weight is 183 g/mol. The smallest absolute Gasteiger partial charge is 0.223 e. The first-order valence-corrected chi connectivity index (χ1v) is 3.71. The molecule has 0 atom stereocenters. The molecule has 0 aliphatic heterocycles. The van der Waals surface area contributed by atoms with Crippen molar-refractivity contribution in [2.75, 3.05) is 0 Å². The highest BCUT2D eigenvalue weighted by Crippen LogP contribution is 2.21. The molecule has 2 aromatic rings. The van der Waals surface area contributed by atoms with Gasteiger partial charge in [0.1, 0.15) is 6.33 Å². The summed E-state index contributed by atoms with van der Waals surface area (Å²) in [7, 11) is 0. The van der Waals surface area contributed by atoms with Gasteiger partial charge in [-0.1, -0.05) is 17.7 Å². The van der Waals surface area contributed by atoms with E-state index >= 15 is 0 Å². The Bertz CT molecular complexity index is 389. The van der Waals surface area contributed by atoms with Crippen LogP contribution < -0.4 is 0 Å². The third-order valence-corrected chi connectivity index (χ3v) is 1.87. The molecule has 1 heterocycles. The van der Waals surface area contributed by atoms with Crippen molar-refractivity contribution in [3.8, 4) is 0 Å². The Hall–Kier alpha value is -1.22. The molecule has 1 aromatic carbocycles. The largest absolute Gasteiger partial charge is 0.235 e. The minimum absolute atomic E-state index is 0.352. The maximum absolute atomic E-state index is 13.0. The molecule has 0 amide bonds. The number of hydrogen-bond donors (Lipinski definition) is 0. The van der Waals surface area contributed by atoms with Crippen molar-refractivity contribution < 1.29 is 4.39 Å². The van der Waals surface area contributed by atoms with Crippen molar-refractivity contribution in [3.05, 3.63) is 35.5 Å². The van der Waals surface area contributed by atoms with Crippen molar-refractivity contribution in [2.45, 2.75) is 0 Å². The minimum atomic E-state index is -0.539. The van der Waals surface area contributed by atoms with E-state index in [9.17, 15) is 4.39 Å². The van der Waals surface area contributed by atoms with Crippen LogP contribution in [0.25, 0.3) is 10.9 Å². The van der Waals surface area contributed by atoms with Crippen LogP contribution >= 0.6 is 11.6 Å². The van der Waals surface area contributed by atoms with Crippen LogP contribution in [0.1, 0.15) is 0 Å². The van der Waals surface area contributed by atoms with Gasteiger partial charge < -0.3 is 0 Å². The van der Waals surface area contributed by atoms with E-state index in [4.69, 9.17) is 11.6 Å². The molecule has 0 saturated heterocycles. The Balaban J connectivity index is 2.94. The van der Waals surface area contributed by atoms with Gasteiger partial charge in [-0.15, -0.1) is 0 Å². The SMILES string of the molecule is Fc1ncnc2c(Cl)cccc12. The Morgan fingerprint density at radius 1 is 1.25 bits per heavy atom. The van der Waals surface area contributed by atoms with Crippen molar-refractivity contribution in [2.24, 2.45) is 0 Å². The Kier molecular flexibility index (Phi) is 1.66. The zero-order valence-electron chi connectivity index (χ0n) is 5.96. The molecule has 60 valence electrons. The maximum Gasteiger partial charge on any atom is 0.223 e. The third-order valence-electron chi connectivity index (χ3n) is 1.57. The highest BCUT2D eigenvalue weighted by molar-refractivity contribution is 6.34. The zero-order chi connectivity index (χ0) is 8.55. The lowest BCUT2D eigenvalue weighted by atomic mass is 10.2. The molecule has 0 spiro atoms. The number of rotatable bonds is 0. The number of para-hydroxylation sites is 1. The first-order chi connectivity index (χ1) is 5.79. The summed E-state index contributed by atoms with van der Waals surface area (Å²) < 4.78 is 13.0. The monoisotopic (exact) mass is 182 g/mol. The molecule has 0 saturated carbocycles. The fourth-order valence-corrected chi connectivity index (χ4v) is 1.24. The number of aromatic nitrogens is 2. The van der Waals surface area contributed by atoms with Gasteiger partial charge in [0.05, 0.1) is 15.9 Å². The van der Waals surface area contributed by atoms with Crippen LogP contribution in [0.2, 0.25) is 5.02 Å². The topological polar surface area (TPSA) is 25.8 Å². The maximum atomic E-state index is 13.0. The summed E-state index contributed by atoms with van der Waals surface area (Å²) in [5.41, 5.74) is 0.451. The number of nitrogens with zero attached hydrogens (tertiary/aromatic N) is 2. The van der Waals surface area contributed by atoms with E-state index in [-0.39, 0.29) is 0 Å². The second kappa shape index (κ2) is 2.68. The van der Waals surface area contributed by atoms with Crippen LogP contribution in [-0.2, 0) is 0 Å². The van der Waals surface area contributed by atoms with Crippen molar-refractivity contribution in [3.63, 3.8) is 0 Å². The van der Waals surface area contributed by atoms with E-state index < -0.39 is 5.95 Å². The van der Waals surface area contributed by atoms with E-state index in [0.29, 0.717) is 15.9 Å². The molecule has 0 N–H and O–H groups in total. The summed E-state index contributed by atoms with van der Waals surface area (Å²) in [6.07, 6.45) is 1.16. The van der Waals surface area contributed by atoms with E-state index in [0.717, 1.165) is 6.33 Å². The van der Waals surface area contributed by atoms with Gasteiger partial charge in [0.2, 0.25) is 5.95 Å². The van der Waals surface area contributed by atoms with Crippen molar-refractivity contribution in [1.29, 1.82) is 0 Å². The summed E-state index contributed by atoms with van der Waals surface area (Å²) in [5.74, 6) is -0.539. The molecule has 0 bridgehead atoms. The molecule has 4 heteroatoms. The van der Waals surface area contributed by atoms with E-state index in [2.05, 4.69) is 9.97 Å². The second-order valence-corrected chi connectivity index (χ2v) is 2.71. The average Bonchev–Trinajstić information content (AvgIpc) is 2.07. The molecule has 0 radical (unpaired) electrons. The quantitative estimate of drug-likeness (QED) is 0.585. The zero-order valence-corrected chi connectivity index (χ0v) is 6.72. The van der Waals surface area contributed by atoms with Gasteiger partial charge in [-0.2, -0.15) is 4.39 Å². The third kappa shape index (κ3) is 1.02. The molecule has 2 nitrogen and oxygen atoms in total. The second-order valence-electron chi connectivity index (χ2n) is 2.30. The summed E-state index contributed by atoms with van der Waals surface area (Å²) in [6, 6.07) is 4.92. The van der Waals surface area contributed by atoms with E-state index in [1.54, 1.807) is 18.2 Å². The van der Waals surface area contributed by atoms with Gasteiger partial charge in [0, 0.05) is 0 Å². The Labute approximate surface area is 73.0 Å². The summed E-state index contributed by atoms with van der Waals surface area (Å²) >= 11 is 5.77. The lowest BCUT2D eigenvalue weighted by molar-refractivity contribution is 0.593. The normalized spacial score (nSPS) is 10.5. The van der Waals surface area contributed by atoms with Crippen LogP contribution in [0.3, 0.4) is 0 Å². The summed E-state index contributed by atoms with van der Waals surface area (Å²) in [4.78, 5) is 7.27. The molecular formula is C8H4ClFN2. The molecule has 2 rings (SSSR count).